The maximum Gasteiger partial charge on any atom is 0.326 e. The second-order valence-corrected chi connectivity index (χ2v) is 16.6. The van der Waals surface area contributed by atoms with Gasteiger partial charge in [0.2, 0.25) is 23.6 Å². The monoisotopic (exact) mass is 818 g/mol. The van der Waals surface area contributed by atoms with Gasteiger partial charge < -0.3 is 40.1 Å². The molecule has 0 aromatic heterocycles. The molecule has 1 saturated heterocycles. The van der Waals surface area contributed by atoms with Crippen LogP contribution in [0.4, 0.5) is 0 Å². The number of likely N-dealkylation sites (tertiary alicyclic amines) is 1. The molecule has 1 aromatic carbocycles. The number of methoxy groups -OCH3 is 2. The van der Waals surface area contributed by atoms with E-state index in [-0.39, 0.29) is 54.7 Å². The number of likely N-dealkylation sites (N-methyl/N-ethyl adjacent to an activating group) is 2. The van der Waals surface area contributed by atoms with E-state index < -0.39 is 66.2 Å². The number of rotatable bonds is 25. The molecule has 1 heterocycles. The zero-order chi connectivity index (χ0) is 43.9. The average Bonchev–Trinajstić information content (AvgIpc) is 3.65. The van der Waals surface area contributed by atoms with E-state index in [0.29, 0.717) is 38.8 Å². The summed E-state index contributed by atoms with van der Waals surface area (Å²) in [5.74, 6) is -4.64. The zero-order valence-electron chi connectivity index (χ0n) is 36.6. The number of amides is 4. The van der Waals surface area contributed by atoms with Crippen LogP contribution in [0.5, 0.6) is 0 Å². The summed E-state index contributed by atoms with van der Waals surface area (Å²) in [5, 5.41) is 24.8. The molecule has 0 unspecified atom stereocenters. The number of hydrogen-bond acceptors (Lipinski definition) is 9. The molecule has 0 saturated carbocycles. The van der Waals surface area contributed by atoms with E-state index in [9.17, 15) is 33.9 Å². The van der Waals surface area contributed by atoms with E-state index in [1.165, 1.54) is 19.1 Å². The Morgan fingerprint density at radius 3 is 2.02 bits per heavy atom. The van der Waals surface area contributed by atoms with Gasteiger partial charge in [0, 0.05) is 40.7 Å². The summed E-state index contributed by atoms with van der Waals surface area (Å²) in [7, 11) is 6.39. The molecule has 0 aliphatic carbocycles. The smallest absolute Gasteiger partial charge is 0.326 e. The molecular formula is C43H71N5O10. The molecule has 328 valence electrons. The topological polar surface area (TPSA) is 195 Å². The van der Waals surface area contributed by atoms with Crippen LogP contribution in [0.15, 0.2) is 30.3 Å². The molecule has 15 nitrogen and oxygen atoms in total. The van der Waals surface area contributed by atoms with Crippen molar-refractivity contribution in [2.24, 2.45) is 23.7 Å². The summed E-state index contributed by atoms with van der Waals surface area (Å²) >= 11 is 0. The first-order valence-corrected chi connectivity index (χ1v) is 20.7. The Balaban J connectivity index is 2.26. The van der Waals surface area contributed by atoms with Gasteiger partial charge in [-0.3, -0.25) is 28.9 Å². The van der Waals surface area contributed by atoms with Crippen LogP contribution in [0.25, 0.3) is 0 Å². The van der Waals surface area contributed by atoms with Crippen molar-refractivity contribution in [3.63, 3.8) is 0 Å². The van der Waals surface area contributed by atoms with Crippen molar-refractivity contribution in [3.05, 3.63) is 35.9 Å². The highest BCUT2D eigenvalue weighted by Crippen LogP contribution is 2.29. The van der Waals surface area contributed by atoms with Crippen molar-refractivity contribution in [2.45, 2.75) is 136 Å². The normalized spacial score (nSPS) is 18.5. The molecular weight excluding hydrogens is 746 g/mol. The van der Waals surface area contributed by atoms with Gasteiger partial charge in [0.25, 0.3) is 0 Å². The van der Waals surface area contributed by atoms with Gasteiger partial charge in [-0.2, -0.15) is 0 Å². The molecule has 4 amide bonds. The highest BCUT2D eigenvalue weighted by Gasteiger charge is 2.43. The lowest BCUT2D eigenvalue weighted by Crippen LogP contribution is -2.60. The molecule has 4 N–H and O–H groups in total. The van der Waals surface area contributed by atoms with Crippen LogP contribution in [0.2, 0.25) is 0 Å². The predicted octanol–water partition coefficient (Wildman–Crippen LogP) is 3.68. The van der Waals surface area contributed by atoms with Crippen molar-refractivity contribution in [1.29, 1.82) is 0 Å². The fourth-order valence-corrected chi connectivity index (χ4v) is 8.26. The Morgan fingerprint density at radius 1 is 0.879 bits per heavy atom. The molecule has 0 bridgehead atoms. The van der Waals surface area contributed by atoms with Gasteiger partial charge in [0.05, 0.1) is 42.7 Å². The Hall–Kier alpha value is -4.08. The number of benzene rings is 1. The van der Waals surface area contributed by atoms with Crippen molar-refractivity contribution >= 4 is 35.6 Å². The fraction of sp³-hybridized carbons (Fsp3) is 0.721. The summed E-state index contributed by atoms with van der Waals surface area (Å²) in [6.45, 7) is 14.1. The van der Waals surface area contributed by atoms with Crippen LogP contribution >= 0.6 is 0 Å². The van der Waals surface area contributed by atoms with Gasteiger partial charge in [-0.25, -0.2) is 4.79 Å². The third-order valence-electron chi connectivity index (χ3n) is 11.6. The minimum Gasteiger partial charge on any atom is -0.481 e. The standard InChI is InChI=1S/C43H71N5O10/c1-12-28(6)36(45-41(53)37(26(2)3)47(9)42(54)38(27(4)5)46(8)22-17-21-35(50)51)33(57-10)25-34(49)48-23-16-20-32(48)39(58-11)29(7)40(52)44-31(43(55)56)24-30-18-14-13-15-19-30/h13-15,18-19,26-29,31-33,36-39H,12,16-17,20-25H2,1-11H3,(H,44,52)(H,45,53)(H,50,51)(H,55,56)/t28-,29+,31-,32-,33+,36-,37-,38-,39+/m0/s1. The zero-order valence-corrected chi connectivity index (χ0v) is 36.6. The lowest BCUT2D eigenvalue weighted by Gasteiger charge is -2.39. The predicted molar refractivity (Wildman–Crippen MR) is 221 cm³/mol. The largest absolute Gasteiger partial charge is 0.481 e. The van der Waals surface area contributed by atoms with Gasteiger partial charge in [0.15, 0.2) is 0 Å². The molecule has 1 aliphatic heterocycles. The van der Waals surface area contributed by atoms with E-state index in [2.05, 4.69) is 10.6 Å². The number of carboxylic acid groups (broad SMARTS) is 2. The van der Waals surface area contributed by atoms with Crippen molar-refractivity contribution in [1.82, 2.24) is 25.3 Å². The Labute approximate surface area is 345 Å². The van der Waals surface area contributed by atoms with Gasteiger partial charge in [0.1, 0.15) is 12.1 Å². The van der Waals surface area contributed by atoms with Crippen molar-refractivity contribution < 1.29 is 48.5 Å². The summed E-state index contributed by atoms with van der Waals surface area (Å²) in [6.07, 6.45) is 0.927. The van der Waals surface area contributed by atoms with Crippen LogP contribution in [0.3, 0.4) is 0 Å². The number of ether oxygens (including phenoxy) is 2. The van der Waals surface area contributed by atoms with Crippen molar-refractivity contribution in [2.75, 3.05) is 41.4 Å². The van der Waals surface area contributed by atoms with Crippen LogP contribution in [0, 0.1) is 23.7 Å². The van der Waals surface area contributed by atoms with E-state index in [1.807, 2.05) is 64.6 Å². The molecule has 9 atom stereocenters. The average molecular weight is 818 g/mol. The third-order valence-corrected chi connectivity index (χ3v) is 11.6. The van der Waals surface area contributed by atoms with Crippen LogP contribution in [-0.2, 0) is 44.7 Å². The maximum absolute atomic E-state index is 14.2. The second kappa shape index (κ2) is 24.1. The molecule has 0 spiro atoms. The van der Waals surface area contributed by atoms with Gasteiger partial charge >= 0.3 is 11.9 Å². The molecule has 1 aromatic rings. The summed E-state index contributed by atoms with van der Waals surface area (Å²) < 4.78 is 11.8. The quantitative estimate of drug-likeness (QED) is 0.112. The minimum atomic E-state index is -1.15. The number of carbonyl (C=O) groups excluding carboxylic acids is 4. The number of carbonyl (C=O) groups is 6. The SMILES string of the molecule is CC[C@H](C)[C@H](NC(=O)[C@H](C(C)C)N(C)C(=O)[C@H](C(C)C)N(C)CCCC(=O)O)[C@@H](CC(=O)N1CCC[C@H]1[C@H](OC)[C@@H](C)C(=O)N[C@@H](Cc1ccccc1)C(=O)O)OC. The van der Waals surface area contributed by atoms with E-state index in [0.717, 1.165) is 5.56 Å². The second-order valence-electron chi connectivity index (χ2n) is 16.6. The highest BCUT2D eigenvalue weighted by atomic mass is 16.5. The van der Waals surface area contributed by atoms with E-state index in [4.69, 9.17) is 14.6 Å². The van der Waals surface area contributed by atoms with Gasteiger partial charge in [-0.05, 0) is 56.2 Å². The lowest BCUT2D eigenvalue weighted by atomic mass is 9.90. The van der Waals surface area contributed by atoms with Crippen LogP contribution in [-0.4, -0.2) is 144 Å². The number of nitrogens with one attached hydrogen (secondary N) is 2. The van der Waals surface area contributed by atoms with Crippen LogP contribution in [0.1, 0.15) is 92.6 Å². The number of hydrogen-bond donors (Lipinski definition) is 4. The maximum atomic E-state index is 14.2. The Morgan fingerprint density at radius 2 is 1.50 bits per heavy atom. The minimum absolute atomic E-state index is 0.0113. The number of aliphatic carboxylic acids is 2. The third kappa shape index (κ3) is 14.0. The summed E-state index contributed by atoms with van der Waals surface area (Å²) in [6, 6.07) is 5.45. The lowest BCUT2D eigenvalue weighted by molar-refractivity contribution is -0.147. The fourth-order valence-electron chi connectivity index (χ4n) is 8.26. The van der Waals surface area contributed by atoms with E-state index in [1.54, 1.807) is 38.1 Å². The molecule has 15 heteroatoms. The first-order valence-electron chi connectivity index (χ1n) is 20.7. The molecule has 0 radical (unpaired) electrons. The molecule has 58 heavy (non-hydrogen) atoms. The molecule has 1 fully saturated rings. The molecule has 1 aliphatic rings. The number of nitrogens with zero attached hydrogens (tertiary/aromatic N) is 3. The summed E-state index contributed by atoms with van der Waals surface area (Å²) in [5.41, 5.74) is 0.771. The Kier molecular flexibility index (Phi) is 20.8. The first-order chi connectivity index (χ1) is 27.3. The highest BCUT2D eigenvalue weighted by molar-refractivity contribution is 5.90. The van der Waals surface area contributed by atoms with E-state index >= 15 is 0 Å². The van der Waals surface area contributed by atoms with Gasteiger partial charge in [-0.15, -0.1) is 0 Å². The van der Waals surface area contributed by atoms with Crippen molar-refractivity contribution in [3.8, 4) is 0 Å². The summed E-state index contributed by atoms with van der Waals surface area (Å²) in [4.78, 5) is 84.2. The van der Waals surface area contributed by atoms with Gasteiger partial charge in [-0.1, -0.05) is 85.2 Å². The Bertz CT molecular complexity index is 1490. The molecule has 2 rings (SSSR count). The van der Waals surface area contributed by atoms with Crippen LogP contribution < -0.4 is 10.6 Å². The number of carboxylic acids is 2. The first kappa shape index (κ1) is 50.1.